The van der Waals surface area contributed by atoms with E-state index in [1.54, 1.807) is 12.4 Å². The Labute approximate surface area is 198 Å². The van der Waals surface area contributed by atoms with E-state index in [0.29, 0.717) is 33.7 Å². The number of piperidine rings is 1. The lowest BCUT2D eigenvalue weighted by Gasteiger charge is -2.42. The van der Waals surface area contributed by atoms with Crippen molar-refractivity contribution in [2.24, 2.45) is 5.73 Å². The molecular formula is C24H31N7OS. The van der Waals surface area contributed by atoms with Crippen LogP contribution in [0.1, 0.15) is 48.5 Å². The van der Waals surface area contributed by atoms with Crippen LogP contribution in [0.3, 0.4) is 0 Å². The molecule has 174 valence electrons. The number of nitrogens with two attached hydrogens (primary N) is 2. The van der Waals surface area contributed by atoms with Crippen molar-refractivity contribution >= 4 is 43.8 Å². The highest BCUT2D eigenvalue weighted by molar-refractivity contribution is 7.23. The minimum absolute atomic E-state index is 0.133. The number of pyridine rings is 2. The zero-order valence-electron chi connectivity index (χ0n) is 19.1. The standard InChI is InChI=1S/C24H31N7OS/c1-14(2)31-11-16(12-31)15-8-20-22(28-9-15)21(23(26)33-20)24(32)29-18-10-27-6-5-19(18)30-7-3-4-17(25)13-30/h5-6,8-10,14,16-17H,3-4,7,11-13,25-26H2,1-2H3,(H,29,32)/t17-/m1/s1. The molecule has 1 atom stereocenters. The van der Waals surface area contributed by atoms with Crippen LogP contribution in [0.5, 0.6) is 0 Å². The lowest BCUT2D eigenvalue weighted by molar-refractivity contribution is 0.102. The van der Waals surface area contributed by atoms with E-state index in [4.69, 9.17) is 11.5 Å². The van der Waals surface area contributed by atoms with E-state index in [-0.39, 0.29) is 11.9 Å². The first-order valence-electron chi connectivity index (χ1n) is 11.6. The van der Waals surface area contributed by atoms with Crippen LogP contribution in [0, 0.1) is 0 Å². The molecule has 0 saturated carbocycles. The van der Waals surface area contributed by atoms with Gasteiger partial charge in [0.25, 0.3) is 5.91 Å². The maximum atomic E-state index is 13.3. The molecule has 0 aliphatic carbocycles. The molecule has 3 aromatic heterocycles. The molecule has 33 heavy (non-hydrogen) atoms. The topological polar surface area (TPSA) is 113 Å². The SMILES string of the molecule is CC(C)N1CC(c2cnc3c(C(=O)Nc4cnccc4N4CCC[C@@H](N)C4)c(N)sc3c2)C1. The highest BCUT2D eigenvalue weighted by Crippen LogP contribution is 2.37. The zero-order chi connectivity index (χ0) is 23.1. The first-order chi connectivity index (χ1) is 15.9. The normalized spacial score (nSPS) is 19.8. The minimum Gasteiger partial charge on any atom is -0.390 e. The van der Waals surface area contributed by atoms with E-state index in [9.17, 15) is 4.79 Å². The number of nitrogen functional groups attached to an aromatic ring is 1. The summed E-state index contributed by atoms with van der Waals surface area (Å²) in [4.78, 5) is 26.9. The molecule has 9 heteroatoms. The summed E-state index contributed by atoms with van der Waals surface area (Å²) in [6.45, 7) is 8.19. The van der Waals surface area contributed by atoms with Crippen molar-refractivity contribution in [2.45, 2.75) is 44.7 Å². The number of hydrogen-bond acceptors (Lipinski definition) is 8. The molecule has 1 amide bonds. The maximum absolute atomic E-state index is 13.3. The Bertz CT molecular complexity index is 1170. The van der Waals surface area contributed by atoms with E-state index < -0.39 is 0 Å². The van der Waals surface area contributed by atoms with Gasteiger partial charge in [-0.25, -0.2) is 0 Å². The zero-order valence-corrected chi connectivity index (χ0v) is 19.9. The fraction of sp³-hybridized carbons (Fsp3) is 0.458. The summed E-state index contributed by atoms with van der Waals surface area (Å²) >= 11 is 1.42. The Kier molecular flexibility index (Phi) is 5.94. The minimum atomic E-state index is -0.260. The molecular weight excluding hydrogens is 434 g/mol. The number of anilines is 3. The van der Waals surface area contributed by atoms with Gasteiger partial charge in [0.1, 0.15) is 10.6 Å². The summed E-state index contributed by atoms with van der Waals surface area (Å²) in [6, 6.07) is 4.76. The smallest absolute Gasteiger partial charge is 0.260 e. The lowest BCUT2D eigenvalue weighted by atomic mass is 9.91. The summed E-state index contributed by atoms with van der Waals surface area (Å²) in [5.41, 5.74) is 16.4. The van der Waals surface area contributed by atoms with Crippen molar-refractivity contribution in [1.29, 1.82) is 0 Å². The Morgan fingerprint density at radius 3 is 2.85 bits per heavy atom. The number of carbonyl (C=O) groups is 1. The van der Waals surface area contributed by atoms with Crippen LogP contribution >= 0.6 is 11.3 Å². The van der Waals surface area contributed by atoms with Crippen LogP contribution in [0.15, 0.2) is 30.7 Å². The predicted molar refractivity (Wildman–Crippen MR) is 135 cm³/mol. The molecule has 0 radical (unpaired) electrons. The monoisotopic (exact) mass is 465 g/mol. The molecule has 2 fully saturated rings. The van der Waals surface area contributed by atoms with Gasteiger partial charge in [-0.2, -0.15) is 0 Å². The fourth-order valence-corrected chi connectivity index (χ4v) is 5.75. The highest BCUT2D eigenvalue weighted by Gasteiger charge is 2.31. The van der Waals surface area contributed by atoms with Crippen LogP contribution in [-0.4, -0.2) is 59.0 Å². The van der Waals surface area contributed by atoms with Crippen LogP contribution in [0.25, 0.3) is 10.2 Å². The average Bonchev–Trinajstić information content (AvgIpc) is 3.08. The summed E-state index contributed by atoms with van der Waals surface area (Å²) in [5, 5.41) is 3.51. The van der Waals surface area contributed by atoms with Crippen LogP contribution in [-0.2, 0) is 0 Å². The van der Waals surface area contributed by atoms with Gasteiger partial charge in [-0.1, -0.05) is 0 Å². The molecule has 0 spiro atoms. The molecule has 5 heterocycles. The number of likely N-dealkylation sites (tertiary alicyclic amines) is 1. The van der Waals surface area contributed by atoms with Crippen LogP contribution < -0.4 is 21.7 Å². The summed E-state index contributed by atoms with van der Waals surface area (Å²) in [6.07, 6.45) is 7.37. The molecule has 5 N–H and O–H groups in total. The summed E-state index contributed by atoms with van der Waals surface area (Å²) in [5.74, 6) is 0.225. The predicted octanol–water partition coefficient (Wildman–Crippen LogP) is 3.26. The van der Waals surface area contributed by atoms with Gasteiger partial charge < -0.3 is 21.7 Å². The number of thiophene rings is 1. The number of nitrogens with one attached hydrogen (secondary N) is 1. The van der Waals surface area contributed by atoms with Crippen molar-refractivity contribution in [1.82, 2.24) is 14.9 Å². The second-order valence-corrected chi connectivity index (χ2v) is 10.5. The van der Waals surface area contributed by atoms with Gasteiger partial charge in [0, 0.05) is 56.6 Å². The van der Waals surface area contributed by atoms with Crippen LogP contribution in [0.2, 0.25) is 0 Å². The van der Waals surface area contributed by atoms with Crippen molar-refractivity contribution in [3.63, 3.8) is 0 Å². The van der Waals surface area contributed by atoms with E-state index in [2.05, 4.69) is 45.0 Å². The van der Waals surface area contributed by atoms with Crippen molar-refractivity contribution in [2.75, 3.05) is 42.1 Å². The Hall–Kier alpha value is -2.75. The largest absolute Gasteiger partial charge is 0.390 e. The molecule has 2 saturated heterocycles. The van der Waals surface area contributed by atoms with Gasteiger partial charge in [0.2, 0.25) is 0 Å². The average molecular weight is 466 g/mol. The molecule has 0 unspecified atom stereocenters. The highest BCUT2D eigenvalue weighted by atomic mass is 32.1. The number of carbonyl (C=O) groups excluding carboxylic acids is 1. The maximum Gasteiger partial charge on any atom is 0.260 e. The van der Waals surface area contributed by atoms with Gasteiger partial charge >= 0.3 is 0 Å². The Morgan fingerprint density at radius 2 is 2.09 bits per heavy atom. The first kappa shape index (κ1) is 22.1. The van der Waals surface area contributed by atoms with Gasteiger partial charge in [0.15, 0.2) is 0 Å². The first-order valence-corrected chi connectivity index (χ1v) is 12.4. The summed E-state index contributed by atoms with van der Waals surface area (Å²) < 4.78 is 0.951. The molecule has 8 nitrogen and oxygen atoms in total. The quantitative estimate of drug-likeness (QED) is 0.530. The molecule has 2 aliphatic heterocycles. The number of rotatable bonds is 5. The third kappa shape index (κ3) is 4.28. The summed E-state index contributed by atoms with van der Waals surface area (Å²) in [7, 11) is 0. The second-order valence-electron chi connectivity index (χ2n) is 9.40. The van der Waals surface area contributed by atoms with Crippen molar-refractivity contribution in [3.05, 3.63) is 41.9 Å². The van der Waals surface area contributed by atoms with E-state index in [1.165, 1.54) is 16.9 Å². The Balaban J connectivity index is 1.38. The van der Waals surface area contributed by atoms with Crippen LogP contribution in [0.4, 0.5) is 16.4 Å². The van der Waals surface area contributed by atoms with E-state index in [0.717, 1.165) is 49.4 Å². The number of nitrogens with zero attached hydrogens (tertiary/aromatic N) is 4. The number of amides is 1. The fourth-order valence-electron chi connectivity index (χ4n) is 4.77. The molecule has 2 aliphatic rings. The molecule has 0 aromatic carbocycles. The molecule has 0 bridgehead atoms. The van der Waals surface area contributed by atoms with E-state index >= 15 is 0 Å². The third-order valence-corrected chi connectivity index (χ3v) is 7.72. The second kappa shape index (κ2) is 8.89. The molecule has 3 aromatic rings. The lowest BCUT2D eigenvalue weighted by Crippen LogP contribution is -2.48. The van der Waals surface area contributed by atoms with Crippen molar-refractivity contribution < 1.29 is 4.79 Å². The number of fused-ring (bicyclic) bond motifs is 1. The number of hydrogen-bond donors (Lipinski definition) is 3. The Morgan fingerprint density at radius 1 is 1.27 bits per heavy atom. The van der Waals surface area contributed by atoms with Gasteiger partial charge in [-0.05, 0) is 44.4 Å². The third-order valence-electron chi connectivity index (χ3n) is 6.76. The van der Waals surface area contributed by atoms with Crippen molar-refractivity contribution in [3.8, 4) is 0 Å². The molecule has 5 rings (SSSR count). The number of aromatic nitrogens is 2. The van der Waals surface area contributed by atoms with E-state index in [1.807, 2.05) is 12.3 Å². The van der Waals surface area contributed by atoms with Gasteiger partial charge in [-0.3, -0.25) is 19.7 Å². The van der Waals surface area contributed by atoms with Gasteiger partial charge in [-0.15, -0.1) is 11.3 Å². The van der Waals surface area contributed by atoms with Gasteiger partial charge in [0.05, 0.1) is 27.8 Å².